The van der Waals surface area contributed by atoms with Gasteiger partial charge in [0.15, 0.2) is 0 Å². The number of aryl methyl sites for hydroxylation is 2. The van der Waals surface area contributed by atoms with Gasteiger partial charge in [-0.05, 0) is 36.8 Å². The summed E-state index contributed by atoms with van der Waals surface area (Å²) in [5.74, 6) is 1.40. The van der Waals surface area contributed by atoms with Gasteiger partial charge in [0.05, 0.1) is 12.8 Å². The third-order valence-corrected chi connectivity index (χ3v) is 3.54. The Morgan fingerprint density at radius 3 is 2.50 bits per heavy atom. The molecule has 0 bridgehead atoms. The van der Waals surface area contributed by atoms with Crippen LogP contribution in [0.15, 0.2) is 47.0 Å². The molecule has 0 saturated heterocycles. The van der Waals surface area contributed by atoms with Crippen LogP contribution in [0.25, 0.3) is 11.4 Å². The van der Waals surface area contributed by atoms with Gasteiger partial charge in [0.1, 0.15) is 5.75 Å². The van der Waals surface area contributed by atoms with Crippen molar-refractivity contribution in [2.24, 2.45) is 0 Å². The summed E-state index contributed by atoms with van der Waals surface area (Å²) >= 11 is 0. The molecule has 0 saturated carbocycles. The Hall–Kier alpha value is -3.15. The first-order valence-corrected chi connectivity index (χ1v) is 7.43. The van der Waals surface area contributed by atoms with Gasteiger partial charge in [-0.25, -0.2) is 0 Å². The van der Waals surface area contributed by atoms with Crippen molar-refractivity contribution in [2.75, 3.05) is 12.4 Å². The van der Waals surface area contributed by atoms with Crippen molar-refractivity contribution >= 4 is 11.6 Å². The molecule has 0 unspecified atom stereocenters. The van der Waals surface area contributed by atoms with Gasteiger partial charge in [-0.15, -0.1) is 0 Å². The molecule has 0 aliphatic carbocycles. The lowest BCUT2D eigenvalue weighted by molar-refractivity contribution is 0.102. The fourth-order valence-corrected chi connectivity index (χ4v) is 2.30. The smallest absolute Gasteiger partial charge is 0.255 e. The predicted molar refractivity (Wildman–Crippen MR) is 90.2 cm³/mol. The summed E-state index contributed by atoms with van der Waals surface area (Å²) in [6, 6.07) is 12.6. The fourth-order valence-electron chi connectivity index (χ4n) is 2.30. The number of hydrogen-bond acceptors (Lipinski definition) is 5. The predicted octanol–water partition coefficient (Wildman–Crippen LogP) is 3.61. The summed E-state index contributed by atoms with van der Waals surface area (Å²) in [6.07, 6.45) is 0. The molecule has 0 spiro atoms. The topological polar surface area (TPSA) is 77.2 Å². The SMILES string of the molecule is COc1ccc(C)cc1NC(=O)c1ccc(-c2noc(C)n2)cc1. The second-order valence-corrected chi connectivity index (χ2v) is 5.37. The maximum atomic E-state index is 12.4. The first kappa shape index (κ1) is 15.7. The zero-order valence-corrected chi connectivity index (χ0v) is 13.7. The van der Waals surface area contributed by atoms with Crippen LogP contribution in [0, 0.1) is 13.8 Å². The minimum Gasteiger partial charge on any atom is -0.495 e. The second-order valence-electron chi connectivity index (χ2n) is 5.37. The monoisotopic (exact) mass is 323 g/mol. The number of rotatable bonds is 4. The fraction of sp³-hybridized carbons (Fsp3) is 0.167. The molecule has 0 aliphatic rings. The Bertz CT molecular complexity index is 869. The van der Waals surface area contributed by atoms with Crippen LogP contribution in [0.3, 0.4) is 0 Å². The van der Waals surface area contributed by atoms with E-state index in [-0.39, 0.29) is 5.91 Å². The van der Waals surface area contributed by atoms with Gasteiger partial charge in [0.2, 0.25) is 11.7 Å². The highest BCUT2D eigenvalue weighted by Crippen LogP contribution is 2.26. The highest BCUT2D eigenvalue weighted by Gasteiger charge is 2.11. The van der Waals surface area contributed by atoms with E-state index in [1.54, 1.807) is 38.3 Å². The Kier molecular flexibility index (Phi) is 4.29. The van der Waals surface area contributed by atoms with Crippen LogP contribution >= 0.6 is 0 Å². The number of carbonyl (C=O) groups excluding carboxylic acids is 1. The largest absolute Gasteiger partial charge is 0.495 e. The molecule has 0 aliphatic heterocycles. The van der Waals surface area contributed by atoms with Crippen LogP contribution < -0.4 is 10.1 Å². The van der Waals surface area contributed by atoms with E-state index in [0.29, 0.717) is 28.7 Å². The van der Waals surface area contributed by atoms with E-state index in [1.165, 1.54) is 0 Å². The average Bonchev–Trinajstić information content (AvgIpc) is 3.02. The molecular weight excluding hydrogens is 306 g/mol. The van der Waals surface area contributed by atoms with Crippen molar-refractivity contribution in [3.63, 3.8) is 0 Å². The number of methoxy groups -OCH3 is 1. The number of ether oxygens (including phenoxy) is 1. The van der Waals surface area contributed by atoms with Crippen LogP contribution in [0.5, 0.6) is 5.75 Å². The molecule has 0 radical (unpaired) electrons. The molecule has 1 N–H and O–H groups in total. The second kappa shape index (κ2) is 6.54. The van der Waals surface area contributed by atoms with Crippen molar-refractivity contribution in [1.82, 2.24) is 10.1 Å². The molecule has 6 nitrogen and oxygen atoms in total. The van der Waals surface area contributed by atoms with Gasteiger partial charge in [-0.1, -0.05) is 23.4 Å². The minimum absolute atomic E-state index is 0.213. The van der Waals surface area contributed by atoms with E-state index >= 15 is 0 Å². The lowest BCUT2D eigenvalue weighted by Crippen LogP contribution is -2.12. The zero-order valence-electron chi connectivity index (χ0n) is 13.7. The van der Waals surface area contributed by atoms with Gasteiger partial charge in [0, 0.05) is 18.1 Å². The van der Waals surface area contributed by atoms with Crippen molar-refractivity contribution in [2.45, 2.75) is 13.8 Å². The van der Waals surface area contributed by atoms with Crippen LogP contribution in [0.1, 0.15) is 21.8 Å². The highest BCUT2D eigenvalue weighted by molar-refractivity contribution is 6.05. The molecule has 0 fully saturated rings. The van der Waals surface area contributed by atoms with E-state index in [1.807, 2.05) is 25.1 Å². The van der Waals surface area contributed by atoms with Crippen LogP contribution in [-0.4, -0.2) is 23.2 Å². The summed E-state index contributed by atoms with van der Waals surface area (Å²) in [4.78, 5) is 16.6. The third-order valence-electron chi connectivity index (χ3n) is 3.54. The summed E-state index contributed by atoms with van der Waals surface area (Å²) in [5, 5.41) is 6.73. The third kappa shape index (κ3) is 3.27. The number of anilines is 1. The van der Waals surface area contributed by atoms with Gasteiger partial charge >= 0.3 is 0 Å². The van der Waals surface area contributed by atoms with E-state index in [2.05, 4.69) is 15.5 Å². The Labute approximate surface area is 139 Å². The molecule has 1 amide bonds. The lowest BCUT2D eigenvalue weighted by Gasteiger charge is -2.11. The molecule has 122 valence electrons. The van der Waals surface area contributed by atoms with Gasteiger partial charge in [-0.2, -0.15) is 4.98 Å². The molecule has 0 atom stereocenters. The van der Waals surface area contributed by atoms with E-state index < -0.39 is 0 Å². The van der Waals surface area contributed by atoms with Crippen molar-refractivity contribution < 1.29 is 14.1 Å². The Balaban J connectivity index is 1.79. The molecule has 24 heavy (non-hydrogen) atoms. The van der Waals surface area contributed by atoms with Crippen molar-refractivity contribution in [1.29, 1.82) is 0 Å². The minimum atomic E-state index is -0.213. The first-order valence-electron chi connectivity index (χ1n) is 7.43. The number of amides is 1. The Morgan fingerprint density at radius 1 is 1.12 bits per heavy atom. The summed E-state index contributed by atoms with van der Waals surface area (Å²) in [6.45, 7) is 3.68. The highest BCUT2D eigenvalue weighted by atomic mass is 16.5. The van der Waals surface area contributed by atoms with E-state index in [9.17, 15) is 4.79 Å². The summed E-state index contributed by atoms with van der Waals surface area (Å²) in [7, 11) is 1.57. The van der Waals surface area contributed by atoms with Crippen molar-refractivity contribution in [3.8, 4) is 17.1 Å². The quantitative estimate of drug-likeness (QED) is 0.793. The van der Waals surface area contributed by atoms with E-state index in [4.69, 9.17) is 9.26 Å². The number of carbonyl (C=O) groups is 1. The standard InChI is InChI=1S/C18H17N3O3/c1-11-4-9-16(23-3)15(10-11)20-18(22)14-7-5-13(6-8-14)17-19-12(2)24-21-17/h4-10H,1-3H3,(H,20,22). The van der Waals surface area contributed by atoms with Gasteiger partial charge in [-0.3, -0.25) is 4.79 Å². The molecule has 1 heterocycles. The summed E-state index contributed by atoms with van der Waals surface area (Å²) in [5.41, 5.74) is 2.99. The zero-order chi connectivity index (χ0) is 17.1. The van der Waals surface area contributed by atoms with Crippen LogP contribution in [0.4, 0.5) is 5.69 Å². The number of aromatic nitrogens is 2. The average molecular weight is 323 g/mol. The van der Waals surface area contributed by atoms with Gasteiger partial charge < -0.3 is 14.6 Å². The number of nitrogens with one attached hydrogen (secondary N) is 1. The van der Waals surface area contributed by atoms with Gasteiger partial charge in [0.25, 0.3) is 5.91 Å². The number of nitrogens with zero attached hydrogens (tertiary/aromatic N) is 2. The molecule has 3 rings (SSSR count). The Morgan fingerprint density at radius 2 is 1.88 bits per heavy atom. The summed E-state index contributed by atoms with van der Waals surface area (Å²) < 4.78 is 10.2. The number of benzene rings is 2. The lowest BCUT2D eigenvalue weighted by atomic mass is 10.1. The van der Waals surface area contributed by atoms with E-state index in [0.717, 1.165) is 11.1 Å². The molecular formula is C18H17N3O3. The van der Waals surface area contributed by atoms with Crippen LogP contribution in [0.2, 0.25) is 0 Å². The molecule has 3 aromatic rings. The molecule has 1 aromatic heterocycles. The number of hydrogen-bond donors (Lipinski definition) is 1. The van der Waals surface area contributed by atoms with Crippen molar-refractivity contribution in [3.05, 3.63) is 59.5 Å². The maximum Gasteiger partial charge on any atom is 0.255 e. The first-order chi connectivity index (χ1) is 11.6. The van der Waals surface area contributed by atoms with Crippen LogP contribution in [-0.2, 0) is 0 Å². The molecule has 2 aromatic carbocycles. The maximum absolute atomic E-state index is 12.4. The molecule has 6 heteroatoms. The normalized spacial score (nSPS) is 10.5.